The molecule has 0 saturated carbocycles. The number of nitrogens with zero attached hydrogens (tertiary/aromatic N) is 1. The van der Waals surface area contributed by atoms with Gasteiger partial charge in [0.25, 0.3) is 10.0 Å². The van der Waals surface area contributed by atoms with Gasteiger partial charge in [-0.2, -0.15) is 0 Å². The van der Waals surface area contributed by atoms with Crippen molar-refractivity contribution in [2.24, 2.45) is 0 Å². The summed E-state index contributed by atoms with van der Waals surface area (Å²) in [6.07, 6.45) is 0.605. The van der Waals surface area contributed by atoms with Crippen molar-refractivity contribution in [2.45, 2.75) is 31.6 Å². The predicted molar refractivity (Wildman–Crippen MR) is 119 cm³/mol. The van der Waals surface area contributed by atoms with E-state index < -0.39 is 10.0 Å². The Labute approximate surface area is 180 Å². The summed E-state index contributed by atoms with van der Waals surface area (Å²) in [5, 5.41) is 4.86. The molecule has 0 fully saturated rings. The Morgan fingerprint density at radius 1 is 1.10 bits per heavy atom. The van der Waals surface area contributed by atoms with Crippen molar-refractivity contribution in [3.8, 4) is 5.75 Å². The zero-order valence-electron chi connectivity index (χ0n) is 16.9. The third-order valence-electron chi connectivity index (χ3n) is 4.34. The Balaban J connectivity index is 1.59. The number of carbonyl (C=O) groups excluding carboxylic acids is 1. The van der Waals surface area contributed by atoms with Crippen molar-refractivity contribution in [1.82, 2.24) is 4.98 Å². The summed E-state index contributed by atoms with van der Waals surface area (Å²) in [6.45, 7) is 3.83. The summed E-state index contributed by atoms with van der Waals surface area (Å²) in [5.41, 5.74) is 3.25. The van der Waals surface area contributed by atoms with Gasteiger partial charge < -0.3 is 10.1 Å². The van der Waals surface area contributed by atoms with Crippen LogP contribution in [0, 0.1) is 13.8 Å². The normalized spacial score (nSPS) is 11.2. The fourth-order valence-corrected chi connectivity index (χ4v) is 4.73. The Bertz CT molecular complexity index is 1140. The van der Waals surface area contributed by atoms with E-state index >= 15 is 0 Å². The maximum Gasteiger partial charge on any atom is 0.263 e. The summed E-state index contributed by atoms with van der Waals surface area (Å²) >= 11 is 1.18. The molecule has 2 N–H and O–H groups in total. The first kappa shape index (κ1) is 21.8. The topological polar surface area (TPSA) is 97.4 Å². The van der Waals surface area contributed by atoms with Crippen LogP contribution in [0.25, 0.3) is 0 Å². The summed E-state index contributed by atoms with van der Waals surface area (Å²) in [6, 6.07) is 12.1. The quantitative estimate of drug-likeness (QED) is 0.543. The van der Waals surface area contributed by atoms with Gasteiger partial charge in [0.1, 0.15) is 5.75 Å². The molecule has 1 aromatic heterocycles. The van der Waals surface area contributed by atoms with E-state index in [1.165, 1.54) is 11.3 Å². The molecule has 3 aromatic rings. The van der Waals surface area contributed by atoms with Crippen molar-refractivity contribution in [3.63, 3.8) is 0 Å². The van der Waals surface area contributed by atoms with Gasteiger partial charge in [0.05, 0.1) is 23.4 Å². The first-order valence-corrected chi connectivity index (χ1v) is 11.6. The second-order valence-electron chi connectivity index (χ2n) is 6.81. The maximum atomic E-state index is 12.5. The van der Waals surface area contributed by atoms with Crippen LogP contribution in [0.15, 0.2) is 52.7 Å². The van der Waals surface area contributed by atoms with Crippen LogP contribution >= 0.6 is 11.3 Å². The largest absolute Gasteiger partial charge is 0.495 e. The van der Waals surface area contributed by atoms with E-state index in [-0.39, 0.29) is 22.4 Å². The monoisotopic (exact) mass is 445 g/mol. The lowest BCUT2D eigenvalue weighted by atomic mass is 10.2. The SMILES string of the molecule is COc1ccc(C)cc1NC(=O)CCc1csc(NS(=O)(=O)c2ccc(C)cc2)n1. The third-order valence-corrected chi connectivity index (χ3v) is 6.63. The Morgan fingerprint density at radius 3 is 2.50 bits per heavy atom. The van der Waals surface area contributed by atoms with Gasteiger partial charge in [-0.15, -0.1) is 11.3 Å². The lowest BCUT2D eigenvalue weighted by Crippen LogP contribution is -2.14. The number of rotatable bonds is 8. The molecule has 0 saturated heterocycles. The summed E-state index contributed by atoms with van der Waals surface area (Å²) in [4.78, 5) is 16.8. The van der Waals surface area contributed by atoms with E-state index in [2.05, 4.69) is 15.0 Å². The standard InChI is InChI=1S/C21H23N3O4S2/c1-14-4-8-17(9-5-14)30(26,27)24-21-22-16(13-29-21)7-11-20(25)23-18-12-15(2)6-10-19(18)28-3/h4-6,8-10,12-13H,7,11H2,1-3H3,(H,22,24)(H,23,25). The van der Waals surface area contributed by atoms with Crippen molar-refractivity contribution >= 4 is 38.1 Å². The van der Waals surface area contributed by atoms with Gasteiger partial charge in [0, 0.05) is 11.8 Å². The second kappa shape index (κ2) is 9.27. The van der Waals surface area contributed by atoms with Gasteiger partial charge >= 0.3 is 0 Å². The van der Waals surface area contributed by atoms with Crippen molar-refractivity contribution in [3.05, 3.63) is 64.7 Å². The molecule has 0 aliphatic carbocycles. The van der Waals surface area contributed by atoms with Crippen LogP contribution in [0.3, 0.4) is 0 Å². The minimum atomic E-state index is -3.70. The van der Waals surface area contributed by atoms with E-state index in [9.17, 15) is 13.2 Å². The van der Waals surface area contributed by atoms with Gasteiger partial charge in [-0.3, -0.25) is 9.52 Å². The zero-order chi connectivity index (χ0) is 21.7. The minimum absolute atomic E-state index is 0.173. The molecule has 0 atom stereocenters. The van der Waals surface area contributed by atoms with Gasteiger partial charge in [0.15, 0.2) is 5.13 Å². The van der Waals surface area contributed by atoms with Crippen LogP contribution in [0.5, 0.6) is 5.75 Å². The number of carbonyl (C=O) groups is 1. The number of thiazole rings is 1. The number of nitrogens with one attached hydrogen (secondary N) is 2. The van der Waals surface area contributed by atoms with Crippen molar-refractivity contribution in [2.75, 3.05) is 17.1 Å². The minimum Gasteiger partial charge on any atom is -0.495 e. The molecule has 2 aromatic carbocycles. The van der Waals surface area contributed by atoms with E-state index in [1.807, 2.05) is 26.0 Å². The molecule has 30 heavy (non-hydrogen) atoms. The highest BCUT2D eigenvalue weighted by Crippen LogP contribution is 2.26. The molecule has 0 spiro atoms. The number of sulfonamides is 1. The van der Waals surface area contributed by atoms with Crippen LogP contribution in [0.2, 0.25) is 0 Å². The molecular weight excluding hydrogens is 422 g/mol. The van der Waals surface area contributed by atoms with Crippen LogP contribution in [-0.4, -0.2) is 26.4 Å². The summed E-state index contributed by atoms with van der Waals surface area (Å²) in [5.74, 6) is 0.420. The van der Waals surface area contributed by atoms with Gasteiger partial charge in [-0.1, -0.05) is 23.8 Å². The first-order chi connectivity index (χ1) is 14.3. The number of hydrogen-bond acceptors (Lipinski definition) is 6. The highest BCUT2D eigenvalue weighted by molar-refractivity contribution is 7.93. The average Bonchev–Trinajstić information content (AvgIpc) is 3.13. The Hall–Kier alpha value is -2.91. The van der Waals surface area contributed by atoms with Crippen LogP contribution in [0.4, 0.5) is 10.8 Å². The average molecular weight is 446 g/mol. The van der Waals surface area contributed by atoms with E-state index in [0.717, 1.165) is 11.1 Å². The second-order valence-corrected chi connectivity index (χ2v) is 9.35. The number of aromatic nitrogens is 1. The Kier molecular flexibility index (Phi) is 6.73. The van der Waals surface area contributed by atoms with Gasteiger partial charge in [-0.05, 0) is 50.1 Å². The number of anilines is 2. The molecular formula is C21H23N3O4S2. The molecule has 0 aliphatic rings. The van der Waals surface area contributed by atoms with E-state index in [0.29, 0.717) is 23.6 Å². The smallest absolute Gasteiger partial charge is 0.263 e. The number of amides is 1. The molecule has 7 nitrogen and oxygen atoms in total. The number of benzene rings is 2. The van der Waals surface area contributed by atoms with Crippen molar-refractivity contribution < 1.29 is 17.9 Å². The molecule has 9 heteroatoms. The lowest BCUT2D eigenvalue weighted by Gasteiger charge is -2.10. The van der Waals surface area contributed by atoms with Crippen molar-refractivity contribution in [1.29, 1.82) is 0 Å². The fraction of sp³-hybridized carbons (Fsp3) is 0.238. The number of aryl methyl sites for hydroxylation is 3. The van der Waals surface area contributed by atoms with Crippen LogP contribution < -0.4 is 14.8 Å². The number of methoxy groups -OCH3 is 1. The van der Waals surface area contributed by atoms with Gasteiger partial charge in [0.2, 0.25) is 5.91 Å². The Morgan fingerprint density at radius 2 is 1.80 bits per heavy atom. The summed E-state index contributed by atoms with van der Waals surface area (Å²) in [7, 11) is -2.15. The molecule has 0 radical (unpaired) electrons. The van der Waals surface area contributed by atoms with Crippen LogP contribution in [-0.2, 0) is 21.2 Å². The molecule has 0 bridgehead atoms. The number of ether oxygens (including phenoxy) is 1. The molecule has 1 heterocycles. The molecule has 3 rings (SSSR count). The highest BCUT2D eigenvalue weighted by atomic mass is 32.2. The van der Waals surface area contributed by atoms with Gasteiger partial charge in [-0.25, -0.2) is 13.4 Å². The maximum absolute atomic E-state index is 12.5. The fourth-order valence-electron chi connectivity index (χ4n) is 2.73. The molecule has 0 unspecified atom stereocenters. The van der Waals surface area contributed by atoms with E-state index in [1.54, 1.807) is 42.8 Å². The highest BCUT2D eigenvalue weighted by Gasteiger charge is 2.16. The van der Waals surface area contributed by atoms with E-state index in [4.69, 9.17) is 4.74 Å². The molecule has 158 valence electrons. The predicted octanol–water partition coefficient (Wildman–Crippen LogP) is 4.14. The van der Waals surface area contributed by atoms with Crippen LogP contribution in [0.1, 0.15) is 23.2 Å². The first-order valence-electron chi connectivity index (χ1n) is 9.25. The third kappa shape index (κ3) is 5.58. The zero-order valence-corrected chi connectivity index (χ0v) is 18.6. The summed E-state index contributed by atoms with van der Waals surface area (Å²) < 4.78 is 32.7. The lowest BCUT2D eigenvalue weighted by molar-refractivity contribution is -0.116. The number of hydrogen-bond donors (Lipinski definition) is 2. The molecule has 1 amide bonds. The molecule has 0 aliphatic heterocycles.